The number of aliphatic hydroxyl groups is 1. The predicted molar refractivity (Wildman–Crippen MR) is 351 cm³/mol. The maximum Gasteiger partial charge on any atom is 0.419 e. The van der Waals surface area contributed by atoms with Crippen molar-refractivity contribution in [2.45, 2.75) is 186 Å². The molecular weight excluding hydrogens is 1280 g/mol. The van der Waals surface area contributed by atoms with E-state index in [1.165, 1.54) is 64.3 Å². The molecule has 0 spiro atoms. The van der Waals surface area contributed by atoms with E-state index in [0.717, 1.165) is 4.90 Å². The summed E-state index contributed by atoms with van der Waals surface area (Å²) in [5.41, 5.74) is 4.13. The fraction of sp³-hybridized carbons (Fsp3) is 0.606. The minimum Gasteiger partial charge on any atom is -0.445 e. The maximum absolute atomic E-state index is 14.8. The Kier molecular flexibility index (Phi) is 30.5. The second-order valence-corrected chi connectivity index (χ2v) is 27.5. The summed E-state index contributed by atoms with van der Waals surface area (Å²) in [7, 11) is 1.51. The summed E-state index contributed by atoms with van der Waals surface area (Å²) in [4.78, 5) is 131. The van der Waals surface area contributed by atoms with Gasteiger partial charge in [-0.2, -0.15) is 13.2 Å². The Morgan fingerprint density at radius 3 is 1.96 bits per heavy atom. The van der Waals surface area contributed by atoms with E-state index in [9.17, 15) is 69.8 Å². The number of nitrogens with one attached hydrogen (secondary N) is 6. The summed E-state index contributed by atoms with van der Waals surface area (Å²) in [6, 6.07) is 7.73. The highest BCUT2D eigenvalue weighted by Crippen LogP contribution is 2.35. The summed E-state index contributed by atoms with van der Waals surface area (Å²) < 4.78 is 83.5. The molecular formula is C66H98F3N11O15S. The molecule has 4 rings (SSSR count). The van der Waals surface area contributed by atoms with Crippen LogP contribution in [0.15, 0.2) is 71.9 Å². The molecule has 96 heavy (non-hydrogen) atoms. The summed E-state index contributed by atoms with van der Waals surface area (Å²) in [5, 5.41) is 25.4. The lowest BCUT2D eigenvalue weighted by atomic mass is 9.89. The molecule has 0 radical (unpaired) electrons. The molecule has 1 aliphatic heterocycles. The van der Waals surface area contributed by atoms with E-state index >= 15 is 0 Å². The zero-order chi connectivity index (χ0) is 72.3. The number of likely N-dealkylation sites (tertiary alicyclic amines) is 1. The van der Waals surface area contributed by atoms with Crippen molar-refractivity contribution in [3.05, 3.63) is 89.1 Å². The van der Waals surface area contributed by atoms with Crippen LogP contribution < -0.4 is 37.6 Å². The van der Waals surface area contributed by atoms with Gasteiger partial charge in [-0.1, -0.05) is 111 Å². The number of rotatable bonds is 34. The Bertz CT molecular complexity index is 3260. The number of hydrogen-bond donors (Lipinski definition) is 8. The Labute approximate surface area is 560 Å². The van der Waals surface area contributed by atoms with Crippen molar-refractivity contribution in [1.29, 1.82) is 0 Å². The van der Waals surface area contributed by atoms with Crippen LogP contribution in [0, 0.1) is 29.6 Å². The van der Waals surface area contributed by atoms with E-state index in [1.54, 1.807) is 77.8 Å². The Morgan fingerprint density at radius 1 is 0.792 bits per heavy atom. The van der Waals surface area contributed by atoms with Crippen molar-refractivity contribution in [2.24, 2.45) is 35.3 Å². The number of carbonyl (C=O) groups is 9. The van der Waals surface area contributed by atoms with Gasteiger partial charge in [0.2, 0.25) is 35.4 Å². The number of aliphatic hydroxyl groups excluding tert-OH is 1. The van der Waals surface area contributed by atoms with Crippen LogP contribution in [0.1, 0.15) is 141 Å². The molecule has 9 N–H and O–H groups in total. The van der Waals surface area contributed by atoms with Crippen LogP contribution in [0.5, 0.6) is 0 Å². The molecule has 30 heteroatoms. The summed E-state index contributed by atoms with van der Waals surface area (Å²) in [6.07, 6.45) is -5.66. The number of ether oxygens (including phenoxy) is 3. The number of halogens is 3. The van der Waals surface area contributed by atoms with Gasteiger partial charge in [0, 0.05) is 59.5 Å². The molecule has 2 heterocycles. The number of primary amides is 1. The Morgan fingerprint density at radius 2 is 1.42 bits per heavy atom. The first kappa shape index (κ1) is 80.5. The van der Waals surface area contributed by atoms with E-state index in [-0.39, 0.29) is 55.8 Å². The molecule has 534 valence electrons. The quantitative estimate of drug-likeness (QED) is 0.0331. The molecule has 1 fully saturated rings. The maximum atomic E-state index is 14.8. The average Bonchev–Trinajstić information content (AvgIpc) is 1.01. The van der Waals surface area contributed by atoms with Crippen molar-refractivity contribution in [3.8, 4) is 0 Å². The van der Waals surface area contributed by atoms with Gasteiger partial charge in [0.15, 0.2) is 14.9 Å². The lowest BCUT2D eigenvalue weighted by Crippen LogP contribution is -2.60. The zero-order valence-corrected chi connectivity index (χ0v) is 58.3. The van der Waals surface area contributed by atoms with Crippen LogP contribution in [-0.2, 0) is 65.6 Å². The van der Waals surface area contributed by atoms with Crippen LogP contribution in [0.4, 0.5) is 28.4 Å². The monoisotopic (exact) mass is 1370 g/mol. The third kappa shape index (κ3) is 22.3. The van der Waals surface area contributed by atoms with Gasteiger partial charge in [0.1, 0.15) is 30.8 Å². The molecule has 12 atom stereocenters. The number of anilines is 1. The first-order valence-electron chi connectivity index (χ1n) is 32.1. The highest BCUT2D eigenvalue weighted by Gasteiger charge is 2.45. The largest absolute Gasteiger partial charge is 0.445 e. The van der Waals surface area contributed by atoms with Crippen LogP contribution in [0.25, 0.3) is 0 Å². The SMILES string of the molecule is CC[C@H](C)[C@@H]([C@@H](CC(=O)N1CCC[C@H]1[C@H](OC)[C@@H](C)C(=O)N[C@H](C)[C@@H](O)c1ccccc1)OC)N(C)C(=O)[C@@H](NC(=O)[C@H](C(C)C)N(C)C(=O)OCc1ccc(NC(=O)[C@H](CCCNC(N)=O)NC(=O)[C@@H](NC(=O)c2cnc(S(C)(=O)=O)c(C(F)(F)F)c2)C(C)C)cc1)C(C)C. The Balaban J connectivity index is 1.43. The molecule has 0 bridgehead atoms. The second kappa shape index (κ2) is 36.4. The molecule has 0 aliphatic carbocycles. The second-order valence-electron chi connectivity index (χ2n) is 25.5. The van der Waals surface area contributed by atoms with Crippen LogP contribution in [0.2, 0.25) is 0 Å². The summed E-state index contributed by atoms with van der Waals surface area (Å²) in [6.45, 7) is 17.5. The number of carbonyl (C=O) groups excluding carboxylic acids is 9. The number of pyridine rings is 1. The van der Waals surface area contributed by atoms with Crippen LogP contribution in [-0.4, -0.2) is 189 Å². The number of hydrogen-bond acceptors (Lipinski definition) is 16. The van der Waals surface area contributed by atoms with Gasteiger partial charge < -0.3 is 66.8 Å². The number of urea groups is 1. The third-order valence-corrected chi connectivity index (χ3v) is 18.3. The molecule has 3 aromatic rings. The van der Waals surface area contributed by atoms with Crippen molar-refractivity contribution >= 4 is 69.0 Å². The highest BCUT2D eigenvalue weighted by molar-refractivity contribution is 7.90. The zero-order valence-electron chi connectivity index (χ0n) is 57.4. The Hall–Kier alpha value is -7.96. The van der Waals surface area contributed by atoms with Gasteiger partial charge in [-0.3, -0.25) is 38.5 Å². The standard InChI is InChI=1S/C66H98F3N11O15S/c1-16-39(8)54(49(93-13)33-50(81)80-31-21-25-48(80)56(94-14)40(9)57(83)73-41(10)55(82)43-22-18-17-19-23-43)78(11)63(88)52(37(4)5)77-61(87)53(38(6)7)79(12)65(90)95-35-42-26-28-45(29-27-42)74-59(85)47(24-20-30-71-64(70)89)75-60(86)51(36(2)3)76-58(84)44-32-46(66(67,68)69)62(72-34-44)96(15,91)92/h17-19,22-23,26-29,32,34,36-41,47-49,51-56,82H,16,20-21,24-25,30-31,33,35H2,1-15H3,(H,73,83)(H,74,85)(H,75,86)(H,76,84)(H,77,87)(H3,70,71,89)/t39-,40+,41+,47-,48-,49+,51-,52-,53-,54-,55+,56+/m0/s1. The third-order valence-electron chi connectivity index (χ3n) is 17.3. The van der Waals surface area contributed by atoms with E-state index < -0.39 is 158 Å². The molecule has 2 aromatic carbocycles. The fourth-order valence-corrected chi connectivity index (χ4v) is 12.6. The molecule has 0 saturated carbocycles. The molecule has 1 saturated heterocycles. The smallest absolute Gasteiger partial charge is 0.419 e. The predicted octanol–water partition coefficient (Wildman–Crippen LogP) is 5.72. The van der Waals surface area contributed by atoms with E-state index in [2.05, 4.69) is 36.9 Å². The van der Waals surface area contributed by atoms with Gasteiger partial charge in [-0.25, -0.2) is 23.0 Å². The molecule has 0 unspecified atom stereocenters. The van der Waals surface area contributed by atoms with E-state index in [0.29, 0.717) is 55.5 Å². The van der Waals surface area contributed by atoms with Crippen molar-refractivity contribution < 1.29 is 84.1 Å². The number of nitrogens with zero attached hydrogens (tertiary/aromatic N) is 4. The van der Waals surface area contributed by atoms with Gasteiger partial charge in [-0.05, 0) is 85.6 Å². The molecule has 1 aliphatic rings. The number of amides is 10. The molecule has 10 amide bonds. The van der Waals surface area contributed by atoms with Crippen molar-refractivity contribution in [1.82, 2.24) is 46.3 Å². The first-order valence-corrected chi connectivity index (χ1v) is 34.0. The fourth-order valence-electron chi connectivity index (χ4n) is 11.7. The summed E-state index contributed by atoms with van der Waals surface area (Å²) in [5.74, 6) is -7.13. The van der Waals surface area contributed by atoms with Crippen molar-refractivity contribution in [2.75, 3.05) is 53.0 Å². The van der Waals surface area contributed by atoms with E-state index in [4.69, 9.17) is 19.9 Å². The summed E-state index contributed by atoms with van der Waals surface area (Å²) >= 11 is 0. The number of sulfone groups is 1. The minimum atomic E-state index is -5.21. The molecule has 1 aromatic heterocycles. The number of aromatic nitrogens is 1. The molecule has 26 nitrogen and oxygen atoms in total. The lowest BCUT2D eigenvalue weighted by Gasteiger charge is -2.41. The van der Waals surface area contributed by atoms with Gasteiger partial charge in [0.05, 0.1) is 59.9 Å². The van der Waals surface area contributed by atoms with Crippen LogP contribution in [0.3, 0.4) is 0 Å². The number of nitrogens with two attached hydrogens (primary N) is 1. The minimum absolute atomic E-state index is 0.00620. The number of likely N-dealkylation sites (N-methyl/N-ethyl adjacent to an activating group) is 2. The number of alkyl halides is 3. The normalized spacial score (nSPS) is 16.9. The van der Waals surface area contributed by atoms with E-state index in [1.807, 2.05) is 19.9 Å². The highest BCUT2D eigenvalue weighted by atomic mass is 32.2. The first-order chi connectivity index (χ1) is 44.9. The average molecular weight is 1370 g/mol. The van der Waals surface area contributed by atoms with Gasteiger partial charge in [-0.15, -0.1) is 0 Å². The number of benzene rings is 2. The van der Waals surface area contributed by atoms with Gasteiger partial charge in [0.25, 0.3) is 5.91 Å². The lowest BCUT2D eigenvalue weighted by molar-refractivity contribution is -0.148. The van der Waals surface area contributed by atoms with Gasteiger partial charge >= 0.3 is 18.3 Å². The van der Waals surface area contributed by atoms with Crippen molar-refractivity contribution in [3.63, 3.8) is 0 Å². The number of methoxy groups -OCH3 is 2. The van der Waals surface area contributed by atoms with Crippen LogP contribution >= 0.6 is 0 Å². The topological polar surface area (TPSA) is 356 Å².